The van der Waals surface area contributed by atoms with E-state index < -0.39 is 17.0 Å². The molecule has 0 atom stereocenters. The highest BCUT2D eigenvalue weighted by molar-refractivity contribution is 5.75. The Bertz CT molecular complexity index is 449. The first-order valence-corrected chi connectivity index (χ1v) is 4.17. The zero-order valence-corrected chi connectivity index (χ0v) is 7.77. The Morgan fingerprint density at radius 1 is 1.60 bits per heavy atom. The van der Waals surface area contributed by atoms with Gasteiger partial charge >= 0.3 is 11.1 Å². The van der Waals surface area contributed by atoms with Gasteiger partial charge in [-0.2, -0.15) is 5.10 Å². The van der Waals surface area contributed by atoms with E-state index in [0.717, 1.165) is 10.9 Å². The van der Waals surface area contributed by atoms with Crippen LogP contribution in [-0.2, 0) is 11.3 Å². The number of hydrogen-bond acceptors (Lipinski definition) is 5. The van der Waals surface area contributed by atoms with Gasteiger partial charge in [0.15, 0.2) is 0 Å². The van der Waals surface area contributed by atoms with Crippen LogP contribution in [-0.4, -0.2) is 38.9 Å². The van der Waals surface area contributed by atoms with Crippen molar-refractivity contribution in [1.29, 1.82) is 0 Å². The first-order chi connectivity index (χ1) is 7.15. The molecule has 82 valence electrons. The first kappa shape index (κ1) is 11.1. The maximum atomic E-state index is 11.1. The summed E-state index contributed by atoms with van der Waals surface area (Å²) in [6, 6.07) is 0. The number of nitrogens with one attached hydrogen (secondary N) is 2. The van der Waals surface area contributed by atoms with E-state index in [9.17, 15) is 14.4 Å². The second-order valence-electron chi connectivity index (χ2n) is 2.69. The third-order valence-electron chi connectivity index (χ3n) is 1.57. The third-order valence-corrected chi connectivity index (χ3v) is 1.57. The van der Waals surface area contributed by atoms with Crippen molar-refractivity contribution in [1.82, 2.24) is 20.1 Å². The average molecular weight is 214 g/mol. The molecule has 8 heteroatoms. The maximum Gasteiger partial charge on any atom is 0.330 e. The van der Waals surface area contributed by atoms with Crippen LogP contribution in [0.5, 0.6) is 0 Å². The van der Waals surface area contributed by atoms with Crippen molar-refractivity contribution >= 4 is 5.91 Å². The zero-order valence-electron chi connectivity index (χ0n) is 7.77. The van der Waals surface area contributed by atoms with Gasteiger partial charge in [-0.05, 0) is 0 Å². The van der Waals surface area contributed by atoms with Crippen molar-refractivity contribution in [2.75, 3.05) is 13.2 Å². The molecule has 15 heavy (non-hydrogen) atoms. The van der Waals surface area contributed by atoms with Gasteiger partial charge in [0.2, 0.25) is 5.91 Å². The molecule has 1 aromatic rings. The van der Waals surface area contributed by atoms with Crippen LogP contribution in [0.1, 0.15) is 0 Å². The number of H-pyrrole nitrogens is 1. The molecule has 0 bridgehead atoms. The minimum absolute atomic E-state index is 0.101. The largest absolute Gasteiger partial charge is 0.395 e. The summed E-state index contributed by atoms with van der Waals surface area (Å²) in [4.78, 5) is 33.1. The van der Waals surface area contributed by atoms with Crippen LogP contribution < -0.4 is 16.4 Å². The lowest BCUT2D eigenvalue weighted by atomic mass is 10.5. The normalized spacial score (nSPS) is 9.93. The molecule has 8 nitrogen and oxygen atoms in total. The minimum atomic E-state index is -0.882. The monoisotopic (exact) mass is 214 g/mol. The minimum Gasteiger partial charge on any atom is -0.395 e. The van der Waals surface area contributed by atoms with Crippen molar-refractivity contribution in [3.8, 4) is 0 Å². The maximum absolute atomic E-state index is 11.1. The van der Waals surface area contributed by atoms with Gasteiger partial charge in [0.05, 0.1) is 6.61 Å². The Morgan fingerprint density at radius 3 is 3.00 bits per heavy atom. The molecule has 3 N–H and O–H groups in total. The van der Waals surface area contributed by atoms with Crippen LogP contribution in [0.4, 0.5) is 0 Å². The number of aliphatic hydroxyl groups excluding tert-OH is 1. The van der Waals surface area contributed by atoms with Crippen molar-refractivity contribution in [2.24, 2.45) is 0 Å². The second kappa shape index (κ2) is 5.05. The Balaban J connectivity index is 2.73. The molecule has 1 heterocycles. The van der Waals surface area contributed by atoms with Gasteiger partial charge in [0.25, 0.3) is 0 Å². The molecule has 0 aliphatic rings. The lowest BCUT2D eigenvalue weighted by Gasteiger charge is -2.04. The van der Waals surface area contributed by atoms with Gasteiger partial charge in [-0.15, -0.1) is 0 Å². The SMILES string of the molecule is O=C(Cn1cn[nH]c(=O)c1=O)NCCO. The predicted octanol–water partition coefficient (Wildman–Crippen LogP) is -2.96. The van der Waals surface area contributed by atoms with Crippen LogP contribution in [0, 0.1) is 0 Å². The molecule has 0 radical (unpaired) electrons. The molecular weight excluding hydrogens is 204 g/mol. The molecule has 0 saturated heterocycles. The summed E-state index contributed by atoms with van der Waals surface area (Å²) in [5.74, 6) is -0.474. The van der Waals surface area contributed by atoms with Crippen molar-refractivity contribution in [3.05, 3.63) is 27.0 Å². The Labute approximate surface area is 83.6 Å². The summed E-state index contributed by atoms with van der Waals surface area (Å²) in [6.07, 6.45) is 1.06. The summed E-state index contributed by atoms with van der Waals surface area (Å²) >= 11 is 0. The quantitative estimate of drug-likeness (QED) is 0.463. The zero-order chi connectivity index (χ0) is 11.3. The van der Waals surface area contributed by atoms with Crippen LogP contribution >= 0.6 is 0 Å². The fourth-order valence-electron chi connectivity index (χ4n) is 0.906. The average Bonchev–Trinajstić information content (AvgIpc) is 2.22. The third kappa shape index (κ3) is 3.02. The van der Waals surface area contributed by atoms with Crippen LogP contribution in [0.2, 0.25) is 0 Å². The number of nitrogens with zero attached hydrogens (tertiary/aromatic N) is 2. The Morgan fingerprint density at radius 2 is 2.33 bits per heavy atom. The van der Waals surface area contributed by atoms with E-state index in [4.69, 9.17) is 5.11 Å². The second-order valence-corrected chi connectivity index (χ2v) is 2.69. The Hall–Kier alpha value is -1.96. The lowest BCUT2D eigenvalue weighted by Crippen LogP contribution is -2.40. The smallest absolute Gasteiger partial charge is 0.330 e. The fraction of sp³-hybridized carbons (Fsp3) is 0.429. The predicted molar refractivity (Wildman–Crippen MR) is 49.2 cm³/mol. The molecule has 0 fully saturated rings. The highest BCUT2D eigenvalue weighted by Gasteiger charge is 2.05. The molecule has 1 amide bonds. The number of rotatable bonds is 4. The lowest BCUT2D eigenvalue weighted by molar-refractivity contribution is -0.121. The number of aromatic nitrogens is 3. The van der Waals surface area contributed by atoms with Gasteiger partial charge < -0.3 is 10.4 Å². The molecular formula is C7H10N4O4. The van der Waals surface area contributed by atoms with Gasteiger partial charge in [-0.25, -0.2) is 5.10 Å². The highest BCUT2D eigenvalue weighted by atomic mass is 16.3. The molecule has 0 spiro atoms. The first-order valence-electron chi connectivity index (χ1n) is 4.17. The molecule has 0 aromatic carbocycles. The highest BCUT2D eigenvalue weighted by Crippen LogP contribution is 1.74. The van der Waals surface area contributed by atoms with Crippen molar-refractivity contribution in [3.63, 3.8) is 0 Å². The number of carbonyl (C=O) groups is 1. The standard InChI is InChI=1S/C7H10N4O4/c12-2-1-8-5(13)3-11-4-9-10-6(14)7(11)15/h4,12H,1-3H2,(H,8,13)(H,10,14). The summed E-state index contributed by atoms with van der Waals surface area (Å²) in [6.45, 7) is -0.381. The van der Waals surface area contributed by atoms with Crippen molar-refractivity contribution in [2.45, 2.75) is 6.54 Å². The van der Waals surface area contributed by atoms with Crippen molar-refractivity contribution < 1.29 is 9.90 Å². The molecule has 0 aliphatic carbocycles. The van der Waals surface area contributed by atoms with E-state index in [1.807, 2.05) is 5.10 Å². The Kier molecular flexibility index (Phi) is 3.75. The van der Waals surface area contributed by atoms with E-state index >= 15 is 0 Å². The van der Waals surface area contributed by atoms with Gasteiger partial charge in [-0.1, -0.05) is 0 Å². The summed E-state index contributed by atoms with van der Waals surface area (Å²) < 4.78 is 0.880. The number of hydrogen-bond donors (Lipinski definition) is 3. The van der Waals surface area contributed by atoms with E-state index in [1.54, 1.807) is 0 Å². The fourth-order valence-corrected chi connectivity index (χ4v) is 0.906. The number of amides is 1. The molecule has 0 saturated carbocycles. The molecule has 0 unspecified atom stereocenters. The summed E-state index contributed by atoms with van der Waals surface area (Å²) in [5, 5.41) is 16.1. The van der Waals surface area contributed by atoms with Gasteiger partial charge in [0, 0.05) is 6.54 Å². The van der Waals surface area contributed by atoms with Crippen LogP contribution in [0.25, 0.3) is 0 Å². The van der Waals surface area contributed by atoms with Crippen LogP contribution in [0.15, 0.2) is 15.9 Å². The summed E-state index contributed by atoms with van der Waals surface area (Å²) in [7, 11) is 0. The number of carbonyl (C=O) groups excluding carboxylic acids is 1. The van der Waals surface area contributed by atoms with E-state index in [2.05, 4.69) is 10.4 Å². The number of aliphatic hydroxyl groups is 1. The van der Waals surface area contributed by atoms with Gasteiger partial charge in [-0.3, -0.25) is 19.0 Å². The van der Waals surface area contributed by atoms with Gasteiger partial charge in [0.1, 0.15) is 12.9 Å². The van der Waals surface area contributed by atoms with E-state index in [0.29, 0.717) is 0 Å². The summed E-state index contributed by atoms with van der Waals surface area (Å²) in [5.41, 5.74) is -1.73. The molecule has 0 aliphatic heterocycles. The van der Waals surface area contributed by atoms with Crippen LogP contribution in [0.3, 0.4) is 0 Å². The van der Waals surface area contributed by atoms with E-state index in [-0.39, 0.29) is 19.7 Å². The molecule has 1 rings (SSSR count). The molecule has 1 aromatic heterocycles. The topological polar surface area (TPSA) is 117 Å². The van der Waals surface area contributed by atoms with E-state index in [1.165, 1.54) is 0 Å². The number of aromatic amines is 1.